The largest absolute Gasteiger partial charge is 0.311 e. The normalized spacial score (nSPS) is 10.6. The quantitative estimate of drug-likeness (QED) is 0.806. The van der Waals surface area contributed by atoms with Crippen LogP contribution in [0.4, 0.5) is 0 Å². The molecular formula is C15H20N4. The lowest BCUT2D eigenvalue weighted by molar-refractivity contribution is 0.658. The molecule has 4 nitrogen and oxygen atoms in total. The van der Waals surface area contributed by atoms with Crippen LogP contribution < -0.4 is 5.32 Å². The van der Waals surface area contributed by atoms with Gasteiger partial charge in [0.15, 0.2) is 0 Å². The van der Waals surface area contributed by atoms with Crippen LogP contribution in [0.2, 0.25) is 0 Å². The summed E-state index contributed by atoms with van der Waals surface area (Å²) >= 11 is 0. The fraction of sp³-hybridized carbons (Fsp3) is 0.400. The molecule has 2 heterocycles. The number of hydrogen-bond donors (Lipinski definition) is 1. The molecule has 0 spiro atoms. The van der Waals surface area contributed by atoms with E-state index < -0.39 is 0 Å². The Kier molecular flexibility index (Phi) is 4.98. The summed E-state index contributed by atoms with van der Waals surface area (Å²) in [5.41, 5.74) is 3.27. The summed E-state index contributed by atoms with van der Waals surface area (Å²) in [5.74, 6) is 0.875. The summed E-state index contributed by atoms with van der Waals surface area (Å²) in [4.78, 5) is 13.1. The molecule has 0 aliphatic carbocycles. The van der Waals surface area contributed by atoms with Crippen LogP contribution in [0.15, 0.2) is 30.6 Å². The van der Waals surface area contributed by atoms with Crippen LogP contribution in [-0.4, -0.2) is 21.5 Å². The molecule has 0 saturated carbocycles. The highest BCUT2D eigenvalue weighted by molar-refractivity contribution is 5.18. The van der Waals surface area contributed by atoms with Crippen LogP contribution >= 0.6 is 0 Å². The standard InChI is InChI=1S/C15H20N4/c1-3-6-17-11-14-9-12(2)18-15(19-14)10-13-4-7-16-8-5-13/h4-5,7-9,17H,3,6,10-11H2,1-2H3. The number of nitrogens with one attached hydrogen (secondary N) is 1. The molecule has 0 fully saturated rings. The van der Waals surface area contributed by atoms with Crippen molar-refractivity contribution >= 4 is 0 Å². The lowest BCUT2D eigenvalue weighted by Gasteiger charge is -2.07. The minimum atomic E-state index is 0.755. The predicted molar refractivity (Wildman–Crippen MR) is 75.8 cm³/mol. The zero-order chi connectivity index (χ0) is 13.5. The van der Waals surface area contributed by atoms with Gasteiger partial charge in [-0.2, -0.15) is 0 Å². The Balaban J connectivity index is 2.08. The Hall–Kier alpha value is -1.81. The molecule has 100 valence electrons. The summed E-state index contributed by atoms with van der Waals surface area (Å²) < 4.78 is 0. The summed E-state index contributed by atoms with van der Waals surface area (Å²) in [6.07, 6.45) is 5.49. The van der Waals surface area contributed by atoms with Gasteiger partial charge >= 0.3 is 0 Å². The average Bonchev–Trinajstić information content (AvgIpc) is 2.39. The SMILES string of the molecule is CCCNCc1cc(C)nc(Cc2ccncc2)n1. The molecule has 0 saturated heterocycles. The summed E-state index contributed by atoms with van der Waals surface area (Å²) in [5, 5.41) is 3.37. The van der Waals surface area contributed by atoms with Crippen LogP contribution in [0.5, 0.6) is 0 Å². The first-order valence-electron chi connectivity index (χ1n) is 6.71. The van der Waals surface area contributed by atoms with Crippen molar-refractivity contribution in [2.75, 3.05) is 6.54 Å². The molecule has 1 N–H and O–H groups in total. The van der Waals surface area contributed by atoms with Crippen LogP contribution in [0.3, 0.4) is 0 Å². The van der Waals surface area contributed by atoms with E-state index in [1.54, 1.807) is 12.4 Å². The molecule has 4 heteroatoms. The minimum Gasteiger partial charge on any atom is -0.311 e. The highest BCUT2D eigenvalue weighted by atomic mass is 14.9. The smallest absolute Gasteiger partial charge is 0.133 e. The highest BCUT2D eigenvalue weighted by Gasteiger charge is 2.03. The Morgan fingerprint density at radius 2 is 1.95 bits per heavy atom. The van der Waals surface area contributed by atoms with E-state index in [4.69, 9.17) is 0 Å². The molecule has 2 aromatic rings. The third-order valence-corrected chi connectivity index (χ3v) is 2.80. The van der Waals surface area contributed by atoms with Gasteiger partial charge in [-0.15, -0.1) is 0 Å². The first-order chi connectivity index (χ1) is 9.28. The van der Waals surface area contributed by atoms with E-state index in [0.717, 1.165) is 43.1 Å². The van der Waals surface area contributed by atoms with Gasteiger partial charge in [-0.1, -0.05) is 6.92 Å². The Morgan fingerprint density at radius 3 is 2.68 bits per heavy atom. The number of aryl methyl sites for hydroxylation is 1. The van der Waals surface area contributed by atoms with Crippen LogP contribution in [0, 0.1) is 6.92 Å². The first-order valence-corrected chi connectivity index (χ1v) is 6.71. The third kappa shape index (κ3) is 4.41. The zero-order valence-corrected chi connectivity index (χ0v) is 11.6. The van der Waals surface area contributed by atoms with Crippen LogP contribution in [0.1, 0.15) is 36.1 Å². The van der Waals surface area contributed by atoms with Gasteiger partial charge in [0.25, 0.3) is 0 Å². The first kappa shape index (κ1) is 13.6. The zero-order valence-electron chi connectivity index (χ0n) is 11.6. The molecule has 2 aromatic heterocycles. The van der Waals surface area contributed by atoms with Crippen LogP contribution in [-0.2, 0) is 13.0 Å². The van der Waals surface area contributed by atoms with Crippen molar-refractivity contribution in [3.05, 3.63) is 53.4 Å². The lowest BCUT2D eigenvalue weighted by atomic mass is 10.2. The predicted octanol–water partition coefficient (Wildman–Crippen LogP) is 2.27. The second kappa shape index (κ2) is 6.95. The van der Waals surface area contributed by atoms with E-state index in [1.165, 1.54) is 5.56 Å². The molecule has 0 unspecified atom stereocenters. The van der Waals surface area contributed by atoms with E-state index in [-0.39, 0.29) is 0 Å². The maximum Gasteiger partial charge on any atom is 0.133 e. The van der Waals surface area contributed by atoms with Gasteiger partial charge in [0.05, 0.1) is 5.69 Å². The lowest BCUT2D eigenvalue weighted by Crippen LogP contribution is -2.16. The van der Waals surface area contributed by atoms with Gasteiger partial charge < -0.3 is 5.32 Å². The van der Waals surface area contributed by atoms with E-state index in [9.17, 15) is 0 Å². The molecule has 0 aliphatic rings. The van der Waals surface area contributed by atoms with Gasteiger partial charge in [-0.3, -0.25) is 4.98 Å². The van der Waals surface area contributed by atoms with Crippen molar-refractivity contribution in [1.82, 2.24) is 20.3 Å². The number of hydrogen-bond acceptors (Lipinski definition) is 4. The van der Waals surface area contributed by atoms with Crippen molar-refractivity contribution in [3.63, 3.8) is 0 Å². The van der Waals surface area contributed by atoms with Crippen molar-refractivity contribution in [2.24, 2.45) is 0 Å². The van der Waals surface area contributed by atoms with Gasteiger partial charge in [0.2, 0.25) is 0 Å². The maximum atomic E-state index is 4.61. The number of pyridine rings is 1. The second-order valence-electron chi connectivity index (χ2n) is 4.63. The summed E-state index contributed by atoms with van der Waals surface area (Å²) in [6, 6.07) is 6.04. The Bertz CT molecular complexity index is 511. The fourth-order valence-corrected chi connectivity index (χ4v) is 1.95. The van der Waals surface area contributed by atoms with Gasteiger partial charge in [0.1, 0.15) is 5.82 Å². The van der Waals surface area contributed by atoms with E-state index in [2.05, 4.69) is 27.2 Å². The van der Waals surface area contributed by atoms with E-state index in [0.29, 0.717) is 0 Å². The van der Waals surface area contributed by atoms with E-state index in [1.807, 2.05) is 25.1 Å². The highest BCUT2D eigenvalue weighted by Crippen LogP contribution is 2.07. The molecule has 0 atom stereocenters. The summed E-state index contributed by atoms with van der Waals surface area (Å²) in [6.45, 7) is 6.00. The second-order valence-corrected chi connectivity index (χ2v) is 4.63. The molecule has 0 aliphatic heterocycles. The van der Waals surface area contributed by atoms with Crippen molar-refractivity contribution < 1.29 is 0 Å². The molecular weight excluding hydrogens is 236 g/mol. The number of rotatable bonds is 6. The fourth-order valence-electron chi connectivity index (χ4n) is 1.95. The number of aromatic nitrogens is 3. The average molecular weight is 256 g/mol. The monoisotopic (exact) mass is 256 g/mol. The maximum absolute atomic E-state index is 4.61. The van der Waals surface area contributed by atoms with Crippen LogP contribution in [0.25, 0.3) is 0 Å². The Labute approximate surface area is 114 Å². The topological polar surface area (TPSA) is 50.7 Å². The molecule has 0 aromatic carbocycles. The van der Waals surface area contributed by atoms with Gasteiger partial charge in [-0.05, 0) is 43.7 Å². The molecule has 0 radical (unpaired) electrons. The van der Waals surface area contributed by atoms with Gasteiger partial charge in [0, 0.05) is 31.1 Å². The van der Waals surface area contributed by atoms with E-state index >= 15 is 0 Å². The Morgan fingerprint density at radius 1 is 1.16 bits per heavy atom. The van der Waals surface area contributed by atoms with Crippen molar-refractivity contribution in [2.45, 2.75) is 33.2 Å². The molecule has 19 heavy (non-hydrogen) atoms. The molecule has 0 bridgehead atoms. The number of nitrogens with zero attached hydrogens (tertiary/aromatic N) is 3. The summed E-state index contributed by atoms with van der Waals surface area (Å²) in [7, 11) is 0. The third-order valence-electron chi connectivity index (χ3n) is 2.80. The van der Waals surface area contributed by atoms with Crippen molar-refractivity contribution in [3.8, 4) is 0 Å². The van der Waals surface area contributed by atoms with Crippen molar-refractivity contribution in [1.29, 1.82) is 0 Å². The molecule has 2 rings (SSSR count). The molecule has 0 amide bonds. The van der Waals surface area contributed by atoms with Gasteiger partial charge in [-0.25, -0.2) is 9.97 Å². The minimum absolute atomic E-state index is 0.755.